The van der Waals surface area contributed by atoms with Gasteiger partial charge in [0.2, 0.25) is 0 Å². The Morgan fingerprint density at radius 2 is 2.33 bits per heavy atom. The molecule has 4 nitrogen and oxygen atoms in total. The van der Waals surface area contributed by atoms with Crippen molar-refractivity contribution in [1.29, 1.82) is 0 Å². The SMILES string of the molecule is CN=C1C[C@H]2CCC[C@@H]([C@H]1F)N2C(=O)O. The van der Waals surface area contributed by atoms with Crippen LogP contribution >= 0.6 is 0 Å². The lowest BCUT2D eigenvalue weighted by molar-refractivity contribution is 0.0392. The van der Waals surface area contributed by atoms with Crippen LogP contribution in [0.1, 0.15) is 25.7 Å². The van der Waals surface area contributed by atoms with Crippen LogP contribution in [0.15, 0.2) is 4.99 Å². The first-order valence-corrected chi connectivity index (χ1v) is 5.26. The van der Waals surface area contributed by atoms with Gasteiger partial charge in [-0.15, -0.1) is 0 Å². The van der Waals surface area contributed by atoms with E-state index in [0.717, 1.165) is 12.8 Å². The summed E-state index contributed by atoms with van der Waals surface area (Å²) in [6, 6.07) is -0.569. The highest BCUT2D eigenvalue weighted by atomic mass is 19.1. The van der Waals surface area contributed by atoms with Gasteiger partial charge in [-0.25, -0.2) is 9.18 Å². The molecule has 84 valence electrons. The second-order valence-electron chi connectivity index (χ2n) is 4.16. The number of amides is 1. The minimum Gasteiger partial charge on any atom is -0.465 e. The van der Waals surface area contributed by atoms with Crippen LogP contribution in [0, 0.1) is 0 Å². The molecule has 3 atom stereocenters. The van der Waals surface area contributed by atoms with E-state index >= 15 is 0 Å². The summed E-state index contributed by atoms with van der Waals surface area (Å²) in [6.07, 6.45) is 0.610. The molecule has 0 spiro atoms. The zero-order valence-corrected chi connectivity index (χ0v) is 8.69. The molecule has 15 heavy (non-hydrogen) atoms. The zero-order valence-electron chi connectivity index (χ0n) is 8.69. The summed E-state index contributed by atoms with van der Waals surface area (Å²) in [6.45, 7) is 0. The highest BCUT2D eigenvalue weighted by Crippen LogP contribution is 2.34. The lowest BCUT2D eigenvalue weighted by Gasteiger charge is -2.46. The van der Waals surface area contributed by atoms with Crippen LogP contribution in [0.5, 0.6) is 0 Å². The van der Waals surface area contributed by atoms with E-state index in [1.165, 1.54) is 4.90 Å². The van der Waals surface area contributed by atoms with Crippen molar-refractivity contribution >= 4 is 11.8 Å². The lowest BCUT2D eigenvalue weighted by atomic mass is 9.82. The van der Waals surface area contributed by atoms with E-state index < -0.39 is 18.3 Å². The van der Waals surface area contributed by atoms with E-state index in [-0.39, 0.29) is 6.04 Å². The van der Waals surface area contributed by atoms with Gasteiger partial charge in [0, 0.05) is 19.5 Å². The van der Waals surface area contributed by atoms with Crippen LogP contribution in [-0.2, 0) is 0 Å². The molecule has 0 aromatic heterocycles. The number of carbonyl (C=O) groups is 1. The van der Waals surface area contributed by atoms with Crippen molar-refractivity contribution in [1.82, 2.24) is 4.90 Å². The Kier molecular flexibility index (Phi) is 2.63. The summed E-state index contributed by atoms with van der Waals surface area (Å²) >= 11 is 0. The smallest absolute Gasteiger partial charge is 0.407 e. The Labute approximate surface area is 87.8 Å². The van der Waals surface area contributed by atoms with E-state index in [1.807, 2.05) is 0 Å². The molecule has 2 aliphatic heterocycles. The Balaban J connectivity index is 2.28. The standard InChI is InChI=1S/C10H15FN2O2/c1-12-7-5-6-3-2-4-8(9(7)11)13(6)10(14)15/h6,8-9H,2-5H2,1H3,(H,14,15)/t6-,8+,9+/m1/s1. The number of hydrogen-bond donors (Lipinski definition) is 1. The fraction of sp³-hybridized carbons (Fsp3) is 0.800. The summed E-state index contributed by atoms with van der Waals surface area (Å²) in [5.41, 5.74) is 0.530. The largest absolute Gasteiger partial charge is 0.465 e. The predicted octanol–water partition coefficient (Wildman–Crippen LogP) is 1.70. The topological polar surface area (TPSA) is 52.9 Å². The van der Waals surface area contributed by atoms with Gasteiger partial charge in [0.05, 0.1) is 11.8 Å². The molecular weight excluding hydrogens is 199 g/mol. The number of hydrogen-bond acceptors (Lipinski definition) is 2. The number of halogens is 1. The van der Waals surface area contributed by atoms with E-state index in [0.29, 0.717) is 18.6 Å². The maximum atomic E-state index is 13.9. The molecule has 5 heteroatoms. The van der Waals surface area contributed by atoms with Crippen LogP contribution in [0.2, 0.25) is 0 Å². The second kappa shape index (κ2) is 3.79. The monoisotopic (exact) mass is 214 g/mol. The molecule has 2 saturated heterocycles. The molecule has 0 aromatic rings. The third kappa shape index (κ3) is 1.60. The zero-order chi connectivity index (χ0) is 11.0. The molecule has 2 heterocycles. The van der Waals surface area contributed by atoms with Gasteiger partial charge in [-0.05, 0) is 19.3 Å². The summed E-state index contributed by atoms with van der Waals surface area (Å²) < 4.78 is 13.9. The quantitative estimate of drug-likeness (QED) is 0.667. The van der Waals surface area contributed by atoms with Gasteiger partial charge >= 0.3 is 6.09 Å². The average Bonchev–Trinajstić information content (AvgIpc) is 2.22. The number of carboxylic acid groups (broad SMARTS) is 1. The highest BCUT2D eigenvalue weighted by Gasteiger charge is 2.45. The van der Waals surface area contributed by atoms with Gasteiger partial charge in [-0.2, -0.15) is 0 Å². The van der Waals surface area contributed by atoms with Crippen LogP contribution < -0.4 is 0 Å². The molecule has 2 aliphatic rings. The first-order valence-electron chi connectivity index (χ1n) is 5.26. The summed E-state index contributed by atoms with van der Waals surface area (Å²) in [5.74, 6) is 0. The summed E-state index contributed by atoms with van der Waals surface area (Å²) in [4.78, 5) is 16.2. The normalized spacial score (nSPS) is 38.1. The van der Waals surface area contributed by atoms with Crippen LogP contribution in [-0.4, -0.2) is 47.1 Å². The molecule has 2 bridgehead atoms. The fourth-order valence-electron chi connectivity index (χ4n) is 2.69. The molecule has 2 rings (SSSR count). The van der Waals surface area contributed by atoms with Crippen molar-refractivity contribution in [2.75, 3.05) is 7.05 Å². The van der Waals surface area contributed by atoms with Gasteiger partial charge in [-0.1, -0.05) is 0 Å². The third-order valence-corrected chi connectivity index (χ3v) is 3.40. The van der Waals surface area contributed by atoms with Crippen molar-refractivity contribution in [3.05, 3.63) is 0 Å². The first-order chi connectivity index (χ1) is 7.15. The first kappa shape index (κ1) is 10.4. The molecule has 1 N–H and O–H groups in total. The Morgan fingerprint density at radius 1 is 1.60 bits per heavy atom. The molecule has 0 saturated carbocycles. The fourth-order valence-corrected chi connectivity index (χ4v) is 2.69. The third-order valence-electron chi connectivity index (χ3n) is 3.40. The maximum absolute atomic E-state index is 13.9. The van der Waals surface area contributed by atoms with Gasteiger partial charge in [-0.3, -0.25) is 9.89 Å². The van der Waals surface area contributed by atoms with Crippen LogP contribution in [0.25, 0.3) is 0 Å². The molecule has 2 fully saturated rings. The van der Waals surface area contributed by atoms with Gasteiger partial charge < -0.3 is 5.11 Å². The minimum absolute atomic E-state index is 0.0630. The van der Waals surface area contributed by atoms with Gasteiger partial charge in [0.25, 0.3) is 0 Å². The lowest BCUT2D eigenvalue weighted by Crippen LogP contribution is -2.60. The van der Waals surface area contributed by atoms with Crippen molar-refractivity contribution in [3.63, 3.8) is 0 Å². The van der Waals surface area contributed by atoms with Crippen LogP contribution in [0.3, 0.4) is 0 Å². The minimum atomic E-state index is -1.21. The number of fused-ring (bicyclic) bond motifs is 2. The maximum Gasteiger partial charge on any atom is 0.407 e. The Morgan fingerprint density at radius 3 is 2.93 bits per heavy atom. The molecule has 1 amide bonds. The van der Waals surface area contributed by atoms with E-state index in [4.69, 9.17) is 5.11 Å². The summed E-state index contributed by atoms with van der Waals surface area (Å²) in [7, 11) is 1.58. The van der Waals surface area contributed by atoms with Gasteiger partial charge in [0.1, 0.15) is 0 Å². The molecule has 0 radical (unpaired) electrons. The van der Waals surface area contributed by atoms with Crippen LogP contribution in [0.4, 0.5) is 9.18 Å². The molecule has 0 aliphatic carbocycles. The summed E-state index contributed by atoms with van der Waals surface area (Å²) in [5, 5.41) is 9.04. The Hall–Kier alpha value is -1.13. The number of alkyl halides is 1. The molecule has 0 aromatic carbocycles. The van der Waals surface area contributed by atoms with Crippen molar-refractivity contribution < 1.29 is 14.3 Å². The van der Waals surface area contributed by atoms with Crippen molar-refractivity contribution in [2.45, 2.75) is 43.9 Å². The van der Waals surface area contributed by atoms with E-state index in [1.54, 1.807) is 7.05 Å². The number of nitrogens with zero attached hydrogens (tertiary/aromatic N) is 2. The number of piperidine rings is 2. The molecule has 0 unspecified atom stereocenters. The Bertz CT molecular complexity index is 306. The van der Waals surface area contributed by atoms with E-state index in [2.05, 4.69) is 4.99 Å². The van der Waals surface area contributed by atoms with E-state index in [9.17, 15) is 9.18 Å². The number of rotatable bonds is 0. The van der Waals surface area contributed by atoms with Crippen molar-refractivity contribution in [3.8, 4) is 0 Å². The highest BCUT2D eigenvalue weighted by molar-refractivity contribution is 5.92. The second-order valence-corrected chi connectivity index (χ2v) is 4.16. The predicted molar refractivity (Wildman–Crippen MR) is 54.2 cm³/mol. The molecular formula is C10H15FN2O2. The average molecular weight is 214 g/mol. The number of aliphatic imine (C=N–C) groups is 1. The van der Waals surface area contributed by atoms with Gasteiger partial charge in [0.15, 0.2) is 6.17 Å². The van der Waals surface area contributed by atoms with Crippen molar-refractivity contribution in [2.24, 2.45) is 4.99 Å².